The van der Waals surface area contributed by atoms with Crippen LogP contribution in [0.3, 0.4) is 0 Å². The van der Waals surface area contributed by atoms with Crippen LogP contribution in [0.1, 0.15) is 18.7 Å². The first-order chi connectivity index (χ1) is 14.4. The number of hydrogen-bond donors (Lipinski definition) is 1. The summed E-state index contributed by atoms with van der Waals surface area (Å²) in [6, 6.07) is 14.5. The van der Waals surface area contributed by atoms with E-state index in [1.807, 2.05) is 30.3 Å². The number of halogens is 1. The van der Waals surface area contributed by atoms with Gasteiger partial charge in [0.15, 0.2) is 9.84 Å². The molecule has 0 bridgehead atoms. The highest BCUT2D eigenvalue weighted by molar-refractivity contribution is 7.99. The first kappa shape index (κ1) is 22.0. The van der Waals surface area contributed by atoms with Crippen molar-refractivity contribution in [3.63, 3.8) is 0 Å². The Morgan fingerprint density at radius 3 is 2.53 bits per heavy atom. The van der Waals surface area contributed by atoms with Crippen molar-refractivity contribution in [3.8, 4) is 0 Å². The molecule has 0 fully saturated rings. The van der Waals surface area contributed by atoms with Gasteiger partial charge in [-0.2, -0.15) is 0 Å². The van der Waals surface area contributed by atoms with Gasteiger partial charge < -0.3 is 4.42 Å². The lowest BCUT2D eigenvalue weighted by Gasteiger charge is -2.04. The Kier molecular flexibility index (Phi) is 7.58. The first-order valence-corrected chi connectivity index (χ1v) is 11.8. The first-order valence-electron chi connectivity index (χ1n) is 9.21. The normalized spacial score (nSPS) is 11.4. The van der Waals surface area contributed by atoms with Gasteiger partial charge in [-0.1, -0.05) is 23.3 Å². The summed E-state index contributed by atoms with van der Waals surface area (Å²) in [6.45, 7) is 0. The SMILES string of the molecule is O=C(CCCS(=O)(=O)c1ccc(F)cc1)Nc1nnc(CCSc2ccccc2)o1. The maximum Gasteiger partial charge on any atom is 0.322 e. The van der Waals surface area contributed by atoms with Crippen molar-refractivity contribution in [2.24, 2.45) is 0 Å². The van der Waals surface area contributed by atoms with Gasteiger partial charge in [-0.25, -0.2) is 12.8 Å². The smallest absolute Gasteiger partial charge is 0.322 e. The van der Waals surface area contributed by atoms with E-state index in [0.717, 1.165) is 22.8 Å². The summed E-state index contributed by atoms with van der Waals surface area (Å²) in [6.07, 6.45) is 0.639. The Labute approximate surface area is 178 Å². The molecule has 0 saturated heterocycles. The molecule has 1 heterocycles. The van der Waals surface area contributed by atoms with Crippen molar-refractivity contribution in [1.29, 1.82) is 0 Å². The number of thioether (sulfide) groups is 1. The number of aryl methyl sites for hydroxylation is 1. The van der Waals surface area contributed by atoms with Gasteiger partial charge in [0.05, 0.1) is 10.6 Å². The predicted molar refractivity (Wildman–Crippen MR) is 111 cm³/mol. The highest BCUT2D eigenvalue weighted by Gasteiger charge is 2.16. The lowest BCUT2D eigenvalue weighted by molar-refractivity contribution is -0.116. The third kappa shape index (κ3) is 6.67. The summed E-state index contributed by atoms with van der Waals surface area (Å²) in [5, 5.41) is 10.2. The minimum atomic E-state index is -3.58. The number of carbonyl (C=O) groups is 1. The van der Waals surface area contributed by atoms with Crippen LogP contribution in [0.2, 0.25) is 0 Å². The topological polar surface area (TPSA) is 102 Å². The molecule has 0 atom stereocenters. The number of nitrogens with one attached hydrogen (secondary N) is 1. The second-order valence-electron chi connectivity index (χ2n) is 6.34. The quantitative estimate of drug-likeness (QED) is 0.372. The Bertz CT molecular complexity index is 1070. The lowest BCUT2D eigenvalue weighted by atomic mass is 10.3. The summed E-state index contributed by atoms with van der Waals surface area (Å²) < 4.78 is 42.7. The fourth-order valence-electron chi connectivity index (χ4n) is 2.54. The number of sulfone groups is 1. The van der Waals surface area contributed by atoms with Crippen LogP contribution in [0.25, 0.3) is 0 Å². The highest BCUT2D eigenvalue weighted by atomic mass is 32.2. The van der Waals surface area contributed by atoms with Crippen LogP contribution in [-0.2, 0) is 21.1 Å². The largest absolute Gasteiger partial charge is 0.408 e. The van der Waals surface area contributed by atoms with Crippen molar-refractivity contribution in [2.45, 2.75) is 29.1 Å². The van der Waals surface area contributed by atoms with Gasteiger partial charge in [-0.15, -0.1) is 16.9 Å². The molecular formula is C20H20FN3O4S2. The second-order valence-corrected chi connectivity index (χ2v) is 9.61. The third-order valence-electron chi connectivity index (χ3n) is 4.03. The molecule has 0 saturated carbocycles. The molecule has 0 unspecified atom stereocenters. The van der Waals surface area contributed by atoms with Gasteiger partial charge >= 0.3 is 6.01 Å². The molecule has 0 spiro atoms. The zero-order chi connectivity index (χ0) is 21.4. The van der Waals surface area contributed by atoms with Gasteiger partial charge in [0, 0.05) is 23.5 Å². The summed E-state index contributed by atoms with van der Waals surface area (Å²) in [5.74, 6) is 0.00953. The zero-order valence-corrected chi connectivity index (χ0v) is 17.6. The van der Waals surface area contributed by atoms with Gasteiger partial charge in [0.2, 0.25) is 11.8 Å². The molecule has 0 aliphatic carbocycles. The Hall–Kier alpha value is -2.72. The molecule has 3 aromatic rings. The molecule has 2 aromatic carbocycles. The van der Waals surface area contributed by atoms with Crippen LogP contribution in [0.5, 0.6) is 0 Å². The monoisotopic (exact) mass is 449 g/mol. The molecule has 3 rings (SSSR count). The van der Waals surface area contributed by atoms with Crippen LogP contribution in [0.4, 0.5) is 10.4 Å². The molecule has 0 aliphatic heterocycles. The maximum absolute atomic E-state index is 12.9. The summed E-state index contributed by atoms with van der Waals surface area (Å²) in [7, 11) is -3.58. The molecule has 1 aromatic heterocycles. The molecule has 0 radical (unpaired) electrons. The van der Waals surface area contributed by atoms with E-state index < -0.39 is 21.6 Å². The van der Waals surface area contributed by atoms with Crippen molar-refractivity contribution in [1.82, 2.24) is 10.2 Å². The fraction of sp³-hybridized carbons (Fsp3) is 0.250. The molecule has 1 amide bonds. The molecule has 10 heteroatoms. The molecule has 0 aliphatic rings. The van der Waals surface area contributed by atoms with Crippen LogP contribution in [-0.4, -0.2) is 36.0 Å². The van der Waals surface area contributed by atoms with Crippen molar-refractivity contribution < 1.29 is 22.0 Å². The van der Waals surface area contributed by atoms with E-state index in [4.69, 9.17) is 4.42 Å². The van der Waals surface area contributed by atoms with Crippen LogP contribution in [0, 0.1) is 5.82 Å². The zero-order valence-electron chi connectivity index (χ0n) is 16.0. The van der Waals surface area contributed by atoms with Gasteiger partial charge in [0.25, 0.3) is 0 Å². The molecule has 7 nitrogen and oxygen atoms in total. The van der Waals surface area contributed by atoms with E-state index in [9.17, 15) is 17.6 Å². The fourth-order valence-corrected chi connectivity index (χ4v) is 4.72. The molecule has 30 heavy (non-hydrogen) atoms. The van der Waals surface area contributed by atoms with Crippen molar-refractivity contribution >= 4 is 33.5 Å². The van der Waals surface area contributed by atoms with Crippen molar-refractivity contribution in [2.75, 3.05) is 16.8 Å². The highest BCUT2D eigenvalue weighted by Crippen LogP contribution is 2.19. The van der Waals surface area contributed by atoms with E-state index >= 15 is 0 Å². The summed E-state index contributed by atoms with van der Waals surface area (Å²) in [5.41, 5.74) is 0. The average Bonchev–Trinajstić information content (AvgIpc) is 3.16. The summed E-state index contributed by atoms with van der Waals surface area (Å²) in [4.78, 5) is 13.2. The summed E-state index contributed by atoms with van der Waals surface area (Å²) >= 11 is 1.66. The number of carbonyl (C=O) groups excluding carboxylic acids is 1. The standard InChI is InChI=1S/C20H20FN3O4S2/c21-15-8-10-17(11-9-15)30(26,27)14-4-7-18(25)22-20-24-23-19(28-20)12-13-29-16-5-2-1-3-6-16/h1-3,5-6,8-11H,4,7,12-14H2,(H,22,24,25). The number of benzene rings is 2. The molecule has 1 N–H and O–H groups in total. The number of rotatable bonds is 10. The van der Waals surface area contributed by atoms with E-state index in [-0.39, 0.29) is 29.5 Å². The van der Waals surface area contributed by atoms with E-state index in [1.165, 1.54) is 12.1 Å². The minimum absolute atomic E-state index is 0.0129. The number of anilines is 1. The van der Waals surface area contributed by atoms with Gasteiger partial charge in [-0.3, -0.25) is 10.1 Å². The number of aromatic nitrogens is 2. The number of nitrogens with zero attached hydrogens (tertiary/aromatic N) is 2. The van der Waals surface area contributed by atoms with Crippen LogP contribution in [0.15, 0.2) is 68.8 Å². The average molecular weight is 450 g/mol. The van der Waals surface area contributed by atoms with Gasteiger partial charge in [0.1, 0.15) is 5.82 Å². The third-order valence-corrected chi connectivity index (χ3v) is 6.86. The van der Waals surface area contributed by atoms with E-state index in [0.29, 0.717) is 12.3 Å². The van der Waals surface area contributed by atoms with Crippen molar-refractivity contribution in [3.05, 3.63) is 66.3 Å². The van der Waals surface area contributed by atoms with Crippen LogP contribution < -0.4 is 5.32 Å². The second kappa shape index (κ2) is 10.4. The number of amides is 1. The van der Waals surface area contributed by atoms with Crippen LogP contribution >= 0.6 is 11.8 Å². The maximum atomic E-state index is 12.9. The number of hydrogen-bond acceptors (Lipinski definition) is 7. The van der Waals surface area contributed by atoms with Gasteiger partial charge in [-0.05, 0) is 42.8 Å². The Balaban J connectivity index is 1.40. The lowest BCUT2D eigenvalue weighted by Crippen LogP contribution is -2.14. The minimum Gasteiger partial charge on any atom is -0.408 e. The Morgan fingerprint density at radius 1 is 1.07 bits per heavy atom. The van der Waals surface area contributed by atoms with E-state index in [1.54, 1.807) is 11.8 Å². The molecular weight excluding hydrogens is 429 g/mol. The van der Waals surface area contributed by atoms with E-state index in [2.05, 4.69) is 15.5 Å². The molecule has 158 valence electrons. The Morgan fingerprint density at radius 2 is 1.80 bits per heavy atom. The predicted octanol–water partition coefficient (Wildman–Crippen LogP) is 3.74.